The molecule has 3 aromatic heterocycles. The number of carbonyl (C=O) groups excluding carboxylic acids is 2. The largest absolute Gasteiger partial charge is 0.463 e. The van der Waals surface area contributed by atoms with E-state index in [0.717, 1.165) is 11.1 Å². The van der Waals surface area contributed by atoms with Crippen LogP contribution in [-0.2, 0) is 11.3 Å². The van der Waals surface area contributed by atoms with Crippen LogP contribution in [0.4, 0.5) is 5.69 Å². The Morgan fingerprint density at radius 1 is 1.03 bits per heavy atom. The van der Waals surface area contributed by atoms with Crippen molar-refractivity contribution in [3.8, 4) is 11.5 Å². The minimum absolute atomic E-state index is 0.158. The first-order chi connectivity index (χ1) is 17.9. The van der Waals surface area contributed by atoms with E-state index in [-0.39, 0.29) is 23.6 Å². The van der Waals surface area contributed by atoms with E-state index in [9.17, 15) is 9.59 Å². The first kappa shape index (κ1) is 24.0. The molecule has 0 bridgehead atoms. The van der Waals surface area contributed by atoms with Gasteiger partial charge in [-0.2, -0.15) is 0 Å². The van der Waals surface area contributed by atoms with Crippen LogP contribution < -0.4 is 5.32 Å². The van der Waals surface area contributed by atoms with Crippen molar-refractivity contribution in [2.24, 2.45) is 0 Å². The van der Waals surface area contributed by atoms with E-state index in [1.54, 1.807) is 36.3 Å². The highest BCUT2D eigenvalue weighted by molar-refractivity contribution is 6.07. The van der Waals surface area contributed by atoms with Gasteiger partial charge in [-0.05, 0) is 55.3 Å². The van der Waals surface area contributed by atoms with E-state index in [2.05, 4.69) is 15.5 Å². The van der Waals surface area contributed by atoms with Gasteiger partial charge in [-0.25, -0.2) is 4.98 Å². The third-order valence-electron chi connectivity index (χ3n) is 6.23. The molecule has 0 aliphatic carbocycles. The summed E-state index contributed by atoms with van der Waals surface area (Å²) in [5, 5.41) is 7.45. The molecule has 0 aliphatic heterocycles. The number of amides is 2. The van der Waals surface area contributed by atoms with Gasteiger partial charge in [0.2, 0.25) is 5.91 Å². The Morgan fingerprint density at radius 3 is 2.57 bits per heavy atom. The van der Waals surface area contributed by atoms with E-state index in [1.165, 1.54) is 6.92 Å². The molecule has 0 saturated heterocycles. The van der Waals surface area contributed by atoms with Crippen LogP contribution in [0.5, 0.6) is 0 Å². The highest BCUT2D eigenvalue weighted by Gasteiger charge is 2.28. The number of rotatable bonds is 7. The van der Waals surface area contributed by atoms with Gasteiger partial charge in [0.05, 0.1) is 28.9 Å². The number of aromatic nitrogens is 2. The zero-order valence-corrected chi connectivity index (χ0v) is 20.8. The summed E-state index contributed by atoms with van der Waals surface area (Å²) in [5.74, 6) is 0.165. The minimum atomic E-state index is -0.322. The van der Waals surface area contributed by atoms with E-state index < -0.39 is 0 Å². The third kappa shape index (κ3) is 4.99. The monoisotopic (exact) mass is 494 g/mol. The van der Waals surface area contributed by atoms with Gasteiger partial charge in [0, 0.05) is 19.2 Å². The molecule has 0 radical (unpaired) electrons. The van der Waals surface area contributed by atoms with Crippen molar-refractivity contribution in [1.82, 2.24) is 15.0 Å². The number of carbonyl (C=O) groups is 2. The molecule has 1 atom stereocenters. The van der Waals surface area contributed by atoms with Gasteiger partial charge >= 0.3 is 0 Å². The number of pyridine rings is 1. The molecule has 2 aromatic carbocycles. The lowest BCUT2D eigenvalue weighted by molar-refractivity contribution is -0.114. The topological polar surface area (TPSA) is 101 Å². The second kappa shape index (κ2) is 10.1. The van der Waals surface area contributed by atoms with Crippen LogP contribution in [-0.4, -0.2) is 26.9 Å². The molecule has 0 aliphatic rings. The molecule has 0 saturated carbocycles. The molecule has 5 rings (SSSR count). The Hall–Kier alpha value is -4.72. The van der Waals surface area contributed by atoms with Gasteiger partial charge in [0.25, 0.3) is 11.6 Å². The fourth-order valence-corrected chi connectivity index (χ4v) is 4.39. The Bertz CT molecular complexity index is 1560. The average Bonchev–Trinajstić information content (AvgIpc) is 3.57. The summed E-state index contributed by atoms with van der Waals surface area (Å²) in [6, 6.07) is 22.3. The quantitative estimate of drug-likeness (QED) is 0.291. The summed E-state index contributed by atoms with van der Waals surface area (Å²) in [6.45, 7) is 5.60. The van der Waals surface area contributed by atoms with Crippen LogP contribution in [0, 0.1) is 6.92 Å². The summed E-state index contributed by atoms with van der Waals surface area (Å²) in [6.07, 6.45) is 1.56. The lowest BCUT2D eigenvalue weighted by atomic mass is 10.0. The van der Waals surface area contributed by atoms with Crippen molar-refractivity contribution < 1.29 is 18.5 Å². The predicted molar refractivity (Wildman–Crippen MR) is 140 cm³/mol. The van der Waals surface area contributed by atoms with Gasteiger partial charge in [-0.1, -0.05) is 47.6 Å². The molecule has 1 N–H and O–H groups in total. The summed E-state index contributed by atoms with van der Waals surface area (Å²) in [4.78, 5) is 32.3. The molecule has 3 heterocycles. The van der Waals surface area contributed by atoms with Crippen LogP contribution in [0.25, 0.3) is 22.6 Å². The van der Waals surface area contributed by atoms with Crippen LogP contribution in [0.2, 0.25) is 0 Å². The average molecular weight is 495 g/mol. The lowest BCUT2D eigenvalue weighted by Gasteiger charge is -2.30. The smallest absolute Gasteiger partial charge is 0.259 e. The number of nitrogens with zero attached hydrogens (tertiary/aromatic N) is 3. The zero-order chi connectivity index (χ0) is 25.9. The third-order valence-corrected chi connectivity index (χ3v) is 6.23. The molecule has 0 spiro atoms. The summed E-state index contributed by atoms with van der Waals surface area (Å²) in [7, 11) is 0. The fraction of sp³-hybridized carbons (Fsp3) is 0.172. The Kier molecular flexibility index (Phi) is 6.55. The van der Waals surface area contributed by atoms with Crippen LogP contribution in [0.15, 0.2) is 88.0 Å². The van der Waals surface area contributed by atoms with Gasteiger partial charge < -0.3 is 19.2 Å². The van der Waals surface area contributed by atoms with Gasteiger partial charge in [-0.15, -0.1) is 0 Å². The predicted octanol–water partition coefficient (Wildman–Crippen LogP) is 6.15. The molecule has 8 heteroatoms. The van der Waals surface area contributed by atoms with Crippen molar-refractivity contribution in [1.29, 1.82) is 0 Å². The van der Waals surface area contributed by atoms with E-state index >= 15 is 0 Å². The molecule has 1 unspecified atom stereocenters. The van der Waals surface area contributed by atoms with Crippen molar-refractivity contribution in [2.75, 3.05) is 5.32 Å². The van der Waals surface area contributed by atoms with Crippen LogP contribution in [0.1, 0.15) is 47.1 Å². The highest BCUT2D eigenvalue weighted by Crippen LogP contribution is 2.32. The standard InChI is InChI=1S/C29H26N4O4/c1-18-27-24(16-25(26-13-8-14-36-26)31-28(27)37-32-18)29(35)33(17-21-9-5-4-6-10-21)19(2)22-11-7-12-23(15-22)30-20(3)34/h4-16,19H,17H2,1-3H3,(H,30,34). The maximum absolute atomic E-state index is 14.3. The number of furan rings is 1. The zero-order valence-electron chi connectivity index (χ0n) is 20.8. The van der Waals surface area contributed by atoms with E-state index in [1.807, 2.05) is 61.5 Å². The van der Waals surface area contributed by atoms with E-state index in [4.69, 9.17) is 8.94 Å². The first-order valence-corrected chi connectivity index (χ1v) is 11.9. The number of fused-ring (bicyclic) bond motifs is 1. The maximum atomic E-state index is 14.3. The molecule has 5 aromatic rings. The number of benzene rings is 2. The molecule has 2 amide bonds. The Labute approximate surface area is 213 Å². The fourth-order valence-electron chi connectivity index (χ4n) is 4.39. The molecule has 0 fully saturated rings. The van der Waals surface area contributed by atoms with Gasteiger partial charge in [-0.3, -0.25) is 9.59 Å². The van der Waals surface area contributed by atoms with Crippen molar-refractivity contribution in [2.45, 2.75) is 33.4 Å². The molecular formula is C29H26N4O4. The molecule has 8 nitrogen and oxygen atoms in total. The molecule has 37 heavy (non-hydrogen) atoms. The summed E-state index contributed by atoms with van der Waals surface area (Å²) >= 11 is 0. The second-order valence-electron chi connectivity index (χ2n) is 8.88. The number of anilines is 1. The number of hydrogen-bond acceptors (Lipinski definition) is 6. The van der Waals surface area contributed by atoms with Crippen molar-refractivity contribution in [3.63, 3.8) is 0 Å². The van der Waals surface area contributed by atoms with Crippen LogP contribution >= 0.6 is 0 Å². The van der Waals surface area contributed by atoms with Crippen molar-refractivity contribution in [3.05, 3.63) is 101 Å². The summed E-state index contributed by atoms with van der Waals surface area (Å²) in [5.41, 5.74) is 4.30. The second-order valence-corrected chi connectivity index (χ2v) is 8.88. The highest BCUT2D eigenvalue weighted by atomic mass is 16.5. The normalized spacial score (nSPS) is 11.9. The SMILES string of the molecule is CC(=O)Nc1cccc(C(C)N(Cc2ccccc2)C(=O)c2cc(-c3ccco3)nc3onc(C)c23)c1. The minimum Gasteiger partial charge on any atom is -0.463 e. The number of nitrogens with one attached hydrogen (secondary N) is 1. The summed E-state index contributed by atoms with van der Waals surface area (Å²) < 4.78 is 11.0. The van der Waals surface area contributed by atoms with Crippen molar-refractivity contribution >= 4 is 28.6 Å². The first-order valence-electron chi connectivity index (χ1n) is 11.9. The van der Waals surface area contributed by atoms with Crippen LogP contribution in [0.3, 0.4) is 0 Å². The Morgan fingerprint density at radius 2 is 1.84 bits per heavy atom. The Balaban J connectivity index is 1.61. The van der Waals surface area contributed by atoms with E-state index in [0.29, 0.717) is 40.3 Å². The lowest BCUT2D eigenvalue weighted by Crippen LogP contribution is -2.33. The van der Waals surface area contributed by atoms with Gasteiger partial charge in [0.15, 0.2) is 5.76 Å². The number of aryl methyl sites for hydroxylation is 1. The molecular weight excluding hydrogens is 468 g/mol. The van der Waals surface area contributed by atoms with Gasteiger partial charge in [0.1, 0.15) is 5.69 Å². The maximum Gasteiger partial charge on any atom is 0.259 e. The number of hydrogen-bond donors (Lipinski definition) is 1. The molecule has 186 valence electrons.